The van der Waals surface area contributed by atoms with E-state index in [-0.39, 0.29) is 22.2 Å². The van der Waals surface area contributed by atoms with E-state index in [0.29, 0.717) is 31.5 Å². The van der Waals surface area contributed by atoms with Crippen LogP contribution in [0, 0.1) is 5.82 Å². The summed E-state index contributed by atoms with van der Waals surface area (Å²) in [5, 5.41) is 0. The molecule has 1 aliphatic heterocycles. The molecule has 0 bridgehead atoms. The first kappa shape index (κ1) is 20.5. The lowest BCUT2D eigenvalue weighted by Crippen LogP contribution is -2.46. The molecular formula is C21H22FN3O4S. The third kappa shape index (κ3) is 3.82. The minimum atomic E-state index is -3.55. The first-order chi connectivity index (χ1) is 14.3. The molecule has 0 radical (unpaired) electrons. The largest absolute Gasteiger partial charge is 0.272 e. The lowest BCUT2D eigenvalue weighted by atomic mass is 9.95. The number of sulfonamides is 1. The first-order valence-electron chi connectivity index (χ1n) is 9.80. The van der Waals surface area contributed by atoms with Crippen LogP contribution in [0.4, 0.5) is 4.39 Å². The minimum Gasteiger partial charge on any atom is -0.272 e. The van der Waals surface area contributed by atoms with Gasteiger partial charge < -0.3 is 0 Å². The molecule has 9 heteroatoms. The Morgan fingerprint density at radius 3 is 2.07 bits per heavy atom. The van der Waals surface area contributed by atoms with E-state index in [2.05, 4.69) is 10.9 Å². The van der Waals surface area contributed by atoms with Crippen molar-refractivity contribution < 1.29 is 22.4 Å². The number of halogens is 1. The van der Waals surface area contributed by atoms with Gasteiger partial charge in [0.25, 0.3) is 5.91 Å². The molecular weight excluding hydrogens is 409 g/mol. The molecule has 2 amide bonds. The van der Waals surface area contributed by atoms with Gasteiger partial charge in [0, 0.05) is 18.7 Å². The predicted octanol–water partition coefficient (Wildman–Crippen LogP) is 2.10. The van der Waals surface area contributed by atoms with Gasteiger partial charge in [0.05, 0.1) is 10.3 Å². The van der Waals surface area contributed by atoms with Crippen LogP contribution in [0.5, 0.6) is 0 Å². The number of carbonyl (C=O) groups excluding carboxylic acids is 2. The SMILES string of the molecule is O=C(NNC(=O)C1(c2ccc(F)cc2)CC1)c1ccc(S(=O)(=O)N2CCCC2)cc1. The van der Waals surface area contributed by atoms with E-state index in [1.165, 1.54) is 40.7 Å². The summed E-state index contributed by atoms with van der Waals surface area (Å²) in [6.45, 7) is 1.01. The molecule has 1 aliphatic carbocycles. The van der Waals surface area contributed by atoms with Gasteiger partial charge in [-0.25, -0.2) is 12.8 Å². The second-order valence-electron chi connectivity index (χ2n) is 7.63. The lowest BCUT2D eigenvalue weighted by Gasteiger charge is -2.17. The molecule has 2 aliphatic rings. The molecule has 0 spiro atoms. The Balaban J connectivity index is 1.38. The van der Waals surface area contributed by atoms with Crippen LogP contribution in [-0.4, -0.2) is 37.6 Å². The zero-order chi connectivity index (χ0) is 21.4. The summed E-state index contributed by atoms with van der Waals surface area (Å²) < 4.78 is 39.7. The van der Waals surface area contributed by atoms with Crippen molar-refractivity contribution in [1.82, 2.24) is 15.2 Å². The molecule has 30 heavy (non-hydrogen) atoms. The highest BCUT2D eigenvalue weighted by molar-refractivity contribution is 7.89. The average Bonchev–Trinajstić information content (AvgIpc) is 3.36. The quantitative estimate of drug-likeness (QED) is 0.709. The summed E-state index contributed by atoms with van der Waals surface area (Å²) >= 11 is 0. The number of amides is 2. The summed E-state index contributed by atoms with van der Waals surface area (Å²) in [6.07, 6.45) is 2.92. The Labute approximate surface area is 174 Å². The van der Waals surface area contributed by atoms with Crippen LogP contribution in [0.15, 0.2) is 53.4 Å². The highest BCUT2D eigenvalue weighted by Crippen LogP contribution is 2.48. The van der Waals surface area contributed by atoms with Gasteiger partial charge in [-0.3, -0.25) is 20.4 Å². The molecule has 158 valence electrons. The molecule has 0 aromatic heterocycles. The van der Waals surface area contributed by atoms with Crippen LogP contribution < -0.4 is 10.9 Å². The molecule has 7 nitrogen and oxygen atoms in total. The van der Waals surface area contributed by atoms with Crippen LogP contribution in [0.25, 0.3) is 0 Å². The van der Waals surface area contributed by atoms with E-state index < -0.39 is 21.3 Å². The van der Waals surface area contributed by atoms with Crippen molar-refractivity contribution in [2.75, 3.05) is 13.1 Å². The van der Waals surface area contributed by atoms with Gasteiger partial charge in [0.1, 0.15) is 5.82 Å². The molecule has 2 aromatic rings. The van der Waals surface area contributed by atoms with Crippen LogP contribution in [0.1, 0.15) is 41.6 Å². The third-order valence-electron chi connectivity index (χ3n) is 5.69. The van der Waals surface area contributed by atoms with Crippen LogP contribution in [-0.2, 0) is 20.2 Å². The Morgan fingerprint density at radius 2 is 1.50 bits per heavy atom. The maximum Gasteiger partial charge on any atom is 0.269 e. The Hall–Kier alpha value is -2.78. The molecule has 0 atom stereocenters. The standard InChI is InChI=1S/C21H22FN3O4S/c22-17-7-5-16(6-8-17)21(11-12-21)20(27)24-23-19(26)15-3-9-18(10-4-15)30(28,29)25-13-1-2-14-25/h3-10H,1-2,11-14H2,(H,23,26)(H,24,27). The Bertz CT molecular complexity index is 1060. The molecule has 1 saturated heterocycles. The summed E-state index contributed by atoms with van der Waals surface area (Å²) in [5.41, 5.74) is 4.96. The van der Waals surface area contributed by atoms with Gasteiger partial charge in [-0.15, -0.1) is 0 Å². The Kier molecular flexibility index (Phi) is 5.33. The van der Waals surface area contributed by atoms with Crippen molar-refractivity contribution >= 4 is 21.8 Å². The van der Waals surface area contributed by atoms with Gasteiger partial charge in [-0.1, -0.05) is 12.1 Å². The molecule has 1 saturated carbocycles. The summed E-state index contributed by atoms with van der Waals surface area (Å²) in [5.74, 6) is -1.29. The van der Waals surface area contributed by atoms with Gasteiger partial charge in [-0.2, -0.15) is 4.31 Å². The fourth-order valence-electron chi connectivity index (χ4n) is 3.70. The van der Waals surface area contributed by atoms with E-state index in [9.17, 15) is 22.4 Å². The van der Waals surface area contributed by atoms with E-state index in [4.69, 9.17) is 0 Å². The molecule has 0 unspecified atom stereocenters. The highest BCUT2D eigenvalue weighted by Gasteiger charge is 2.51. The summed E-state index contributed by atoms with van der Waals surface area (Å²) in [6, 6.07) is 11.4. The van der Waals surface area contributed by atoms with E-state index in [1.54, 1.807) is 12.1 Å². The van der Waals surface area contributed by atoms with Gasteiger partial charge >= 0.3 is 0 Å². The van der Waals surface area contributed by atoms with Gasteiger partial charge in [-0.05, 0) is 67.6 Å². The van der Waals surface area contributed by atoms with Crippen LogP contribution >= 0.6 is 0 Å². The van der Waals surface area contributed by atoms with Crippen molar-refractivity contribution in [1.29, 1.82) is 0 Å². The molecule has 1 heterocycles. The first-order valence-corrected chi connectivity index (χ1v) is 11.2. The zero-order valence-electron chi connectivity index (χ0n) is 16.2. The van der Waals surface area contributed by atoms with Crippen molar-refractivity contribution in [3.05, 3.63) is 65.5 Å². The smallest absolute Gasteiger partial charge is 0.269 e. The summed E-state index contributed by atoms with van der Waals surface area (Å²) in [4.78, 5) is 25.1. The van der Waals surface area contributed by atoms with Crippen molar-refractivity contribution in [2.24, 2.45) is 0 Å². The monoisotopic (exact) mass is 431 g/mol. The number of nitrogens with zero attached hydrogens (tertiary/aromatic N) is 1. The van der Waals surface area contributed by atoms with E-state index in [1.807, 2.05) is 0 Å². The molecule has 2 aromatic carbocycles. The number of hydrazine groups is 1. The zero-order valence-corrected chi connectivity index (χ0v) is 17.0. The number of nitrogens with one attached hydrogen (secondary N) is 2. The maximum absolute atomic E-state index is 13.1. The highest BCUT2D eigenvalue weighted by atomic mass is 32.2. The fraction of sp³-hybridized carbons (Fsp3) is 0.333. The Morgan fingerprint density at radius 1 is 0.900 bits per heavy atom. The fourth-order valence-corrected chi connectivity index (χ4v) is 5.22. The van der Waals surface area contributed by atoms with Gasteiger partial charge in [0.2, 0.25) is 15.9 Å². The molecule has 4 rings (SSSR count). The maximum atomic E-state index is 13.1. The second kappa shape index (κ2) is 7.81. The number of hydrogen-bond donors (Lipinski definition) is 2. The van der Waals surface area contributed by atoms with Crippen molar-refractivity contribution in [2.45, 2.75) is 36.0 Å². The van der Waals surface area contributed by atoms with E-state index >= 15 is 0 Å². The minimum absolute atomic E-state index is 0.137. The molecule has 2 N–H and O–H groups in total. The van der Waals surface area contributed by atoms with Crippen LogP contribution in [0.3, 0.4) is 0 Å². The van der Waals surface area contributed by atoms with Gasteiger partial charge in [0.15, 0.2) is 0 Å². The number of benzene rings is 2. The number of carbonyl (C=O) groups is 2. The summed E-state index contributed by atoms with van der Waals surface area (Å²) in [7, 11) is -3.55. The van der Waals surface area contributed by atoms with Crippen molar-refractivity contribution in [3.8, 4) is 0 Å². The number of rotatable bonds is 5. The predicted molar refractivity (Wildman–Crippen MR) is 107 cm³/mol. The average molecular weight is 431 g/mol. The normalized spacial score (nSPS) is 18.0. The van der Waals surface area contributed by atoms with E-state index in [0.717, 1.165) is 12.8 Å². The number of hydrogen-bond acceptors (Lipinski definition) is 4. The molecule has 2 fully saturated rings. The van der Waals surface area contributed by atoms with Crippen LogP contribution in [0.2, 0.25) is 0 Å². The second-order valence-corrected chi connectivity index (χ2v) is 9.57. The third-order valence-corrected chi connectivity index (χ3v) is 7.60. The van der Waals surface area contributed by atoms with Crippen molar-refractivity contribution in [3.63, 3.8) is 0 Å². The lowest BCUT2D eigenvalue weighted by molar-refractivity contribution is -0.124. The topological polar surface area (TPSA) is 95.6 Å².